The predicted octanol–water partition coefficient (Wildman–Crippen LogP) is 1.36. The zero-order chi connectivity index (χ0) is 15.2. The summed E-state index contributed by atoms with van der Waals surface area (Å²) in [6, 6.07) is 4.90. The zero-order valence-corrected chi connectivity index (χ0v) is 11.5. The quantitative estimate of drug-likeness (QED) is 0.730. The maximum absolute atomic E-state index is 12.0. The van der Waals surface area contributed by atoms with Crippen molar-refractivity contribution in [1.29, 1.82) is 0 Å². The largest absolute Gasteiger partial charge is 0.508 e. The number of carbonyl (C=O) groups is 2. The Morgan fingerprint density at radius 3 is 2.52 bits per heavy atom. The molecule has 0 saturated carbocycles. The number of aromatic hydroxyl groups is 1. The Morgan fingerprint density at radius 2 is 1.95 bits per heavy atom. The van der Waals surface area contributed by atoms with Crippen LogP contribution in [0.1, 0.15) is 12.0 Å². The van der Waals surface area contributed by atoms with Gasteiger partial charge in [-0.15, -0.1) is 0 Å². The first-order chi connectivity index (χ1) is 10.1. The van der Waals surface area contributed by atoms with Crippen LogP contribution in [0.15, 0.2) is 36.4 Å². The first-order valence-corrected chi connectivity index (χ1v) is 6.77. The summed E-state index contributed by atoms with van der Waals surface area (Å²) in [5.41, 5.74) is 0.735. The lowest BCUT2D eigenvalue weighted by Gasteiger charge is -2.25. The third kappa shape index (κ3) is 4.24. The molecule has 112 valence electrons. The van der Waals surface area contributed by atoms with Crippen molar-refractivity contribution in [1.82, 2.24) is 10.2 Å². The fourth-order valence-corrected chi connectivity index (χ4v) is 2.13. The van der Waals surface area contributed by atoms with Gasteiger partial charge in [-0.3, -0.25) is 0 Å². The van der Waals surface area contributed by atoms with E-state index in [9.17, 15) is 19.8 Å². The Kier molecular flexibility index (Phi) is 4.81. The SMILES string of the molecule is O=C(O)[C@@H](Cc1ccc(O)cc1)NC(=O)N1CC=CCC1. The van der Waals surface area contributed by atoms with Crippen LogP contribution in [0.5, 0.6) is 5.75 Å². The molecule has 0 radical (unpaired) electrons. The number of phenols is 1. The van der Waals surface area contributed by atoms with Crippen molar-refractivity contribution in [2.75, 3.05) is 13.1 Å². The molecule has 0 fully saturated rings. The van der Waals surface area contributed by atoms with Crippen LogP contribution in [-0.2, 0) is 11.2 Å². The fraction of sp³-hybridized carbons (Fsp3) is 0.333. The predicted molar refractivity (Wildman–Crippen MR) is 77.1 cm³/mol. The molecule has 3 N–H and O–H groups in total. The molecule has 0 saturated heterocycles. The zero-order valence-electron chi connectivity index (χ0n) is 11.5. The summed E-state index contributed by atoms with van der Waals surface area (Å²) >= 11 is 0. The number of carbonyl (C=O) groups excluding carboxylic acids is 1. The molecule has 21 heavy (non-hydrogen) atoms. The van der Waals surface area contributed by atoms with E-state index in [1.165, 1.54) is 12.1 Å². The smallest absolute Gasteiger partial charge is 0.326 e. The van der Waals surface area contributed by atoms with Crippen molar-refractivity contribution in [2.24, 2.45) is 0 Å². The minimum Gasteiger partial charge on any atom is -0.508 e. The van der Waals surface area contributed by atoms with E-state index in [1.54, 1.807) is 17.0 Å². The average molecular weight is 290 g/mol. The summed E-state index contributed by atoms with van der Waals surface area (Å²) in [7, 11) is 0. The Hall–Kier alpha value is -2.50. The third-order valence-corrected chi connectivity index (χ3v) is 3.32. The monoisotopic (exact) mass is 290 g/mol. The van der Waals surface area contributed by atoms with Gasteiger partial charge in [-0.2, -0.15) is 0 Å². The molecule has 2 rings (SSSR count). The minimum atomic E-state index is -1.08. The second-order valence-electron chi connectivity index (χ2n) is 4.92. The number of amides is 2. The molecule has 6 heteroatoms. The summed E-state index contributed by atoms with van der Waals surface area (Å²) in [6.07, 6.45) is 4.84. The van der Waals surface area contributed by atoms with Crippen LogP contribution in [0.25, 0.3) is 0 Å². The normalized spacial score (nSPS) is 15.5. The molecule has 2 amide bonds. The lowest BCUT2D eigenvalue weighted by Crippen LogP contribution is -2.49. The molecule has 0 unspecified atom stereocenters. The van der Waals surface area contributed by atoms with Crippen LogP contribution in [0.2, 0.25) is 0 Å². The summed E-state index contributed by atoms with van der Waals surface area (Å²) in [6.45, 7) is 1.09. The molecule has 0 aromatic heterocycles. The maximum atomic E-state index is 12.0. The molecule has 1 heterocycles. The van der Waals surface area contributed by atoms with Gasteiger partial charge >= 0.3 is 12.0 Å². The Morgan fingerprint density at radius 1 is 1.24 bits per heavy atom. The van der Waals surface area contributed by atoms with Gasteiger partial charge in [0.15, 0.2) is 0 Å². The highest BCUT2D eigenvalue weighted by molar-refractivity contribution is 5.83. The van der Waals surface area contributed by atoms with E-state index in [2.05, 4.69) is 5.32 Å². The number of phenolic OH excluding ortho intramolecular Hbond substituents is 1. The number of hydrogen-bond donors (Lipinski definition) is 3. The highest BCUT2D eigenvalue weighted by Crippen LogP contribution is 2.12. The van der Waals surface area contributed by atoms with Crippen molar-refractivity contribution >= 4 is 12.0 Å². The Labute approximate surface area is 122 Å². The molecule has 0 bridgehead atoms. The fourth-order valence-electron chi connectivity index (χ4n) is 2.13. The summed E-state index contributed by atoms with van der Waals surface area (Å²) in [5, 5.41) is 21.0. The maximum Gasteiger partial charge on any atom is 0.326 e. The van der Waals surface area contributed by atoms with Gasteiger partial charge in [-0.05, 0) is 24.1 Å². The van der Waals surface area contributed by atoms with Crippen molar-refractivity contribution in [3.05, 3.63) is 42.0 Å². The number of nitrogens with one attached hydrogen (secondary N) is 1. The molecule has 1 aromatic rings. The van der Waals surface area contributed by atoms with Crippen LogP contribution in [0, 0.1) is 0 Å². The molecule has 1 aliphatic heterocycles. The van der Waals surface area contributed by atoms with E-state index < -0.39 is 12.0 Å². The van der Waals surface area contributed by atoms with E-state index in [0.29, 0.717) is 13.1 Å². The Bertz CT molecular complexity index is 539. The molecular formula is C15H18N2O4. The molecule has 6 nitrogen and oxygen atoms in total. The summed E-state index contributed by atoms with van der Waals surface area (Å²) < 4.78 is 0. The topological polar surface area (TPSA) is 89.9 Å². The van der Waals surface area contributed by atoms with Gasteiger partial charge < -0.3 is 20.4 Å². The van der Waals surface area contributed by atoms with Gasteiger partial charge in [0.05, 0.1) is 0 Å². The number of carboxylic acids is 1. The van der Waals surface area contributed by atoms with Crippen LogP contribution in [0.3, 0.4) is 0 Å². The van der Waals surface area contributed by atoms with E-state index in [0.717, 1.165) is 12.0 Å². The molecule has 1 atom stereocenters. The molecule has 1 aromatic carbocycles. The second-order valence-corrected chi connectivity index (χ2v) is 4.92. The average Bonchev–Trinajstić information content (AvgIpc) is 2.49. The number of benzene rings is 1. The minimum absolute atomic E-state index is 0.120. The molecule has 0 aliphatic carbocycles. The van der Waals surface area contributed by atoms with Gasteiger partial charge in [0.25, 0.3) is 0 Å². The number of carboxylic acid groups (broad SMARTS) is 1. The van der Waals surface area contributed by atoms with Crippen LogP contribution < -0.4 is 5.32 Å². The van der Waals surface area contributed by atoms with E-state index in [4.69, 9.17) is 0 Å². The van der Waals surface area contributed by atoms with Crippen molar-refractivity contribution in [3.8, 4) is 5.75 Å². The standard InChI is InChI=1S/C15H18N2O4/c18-12-6-4-11(5-7-12)10-13(14(19)20)16-15(21)17-8-2-1-3-9-17/h1-2,4-7,13,18H,3,8-10H2,(H,16,21)(H,19,20)/t13-/m1/s1. The van der Waals surface area contributed by atoms with Gasteiger partial charge in [0.2, 0.25) is 0 Å². The van der Waals surface area contributed by atoms with Crippen molar-refractivity contribution in [3.63, 3.8) is 0 Å². The third-order valence-electron chi connectivity index (χ3n) is 3.32. The first kappa shape index (κ1) is 14.9. The molecule has 1 aliphatic rings. The van der Waals surface area contributed by atoms with Gasteiger partial charge in [0.1, 0.15) is 11.8 Å². The number of nitrogens with zero attached hydrogens (tertiary/aromatic N) is 1. The summed E-state index contributed by atoms with van der Waals surface area (Å²) in [5.74, 6) is -0.959. The van der Waals surface area contributed by atoms with Crippen molar-refractivity contribution in [2.45, 2.75) is 18.9 Å². The van der Waals surface area contributed by atoms with Crippen LogP contribution in [-0.4, -0.2) is 46.2 Å². The Balaban J connectivity index is 1.98. The van der Waals surface area contributed by atoms with Crippen LogP contribution >= 0.6 is 0 Å². The van der Waals surface area contributed by atoms with E-state index in [1.807, 2.05) is 12.2 Å². The lowest BCUT2D eigenvalue weighted by molar-refractivity contribution is -0.139. The lowest BCUT2D eigenvalue weighted by atomic mass is 10.1. The van der Waals surface area contributed by atoms with Gasteiger partial charge in [-0.25, -0.2) is 9.59 Å². The second kappa shape index (κ2) is 6.78. The van der Waals surface area contributed by atoms with E-state index in [-0.39, 0.29) is 18.2 Å². The number of hydrogen-bond acceptors (Lipinski definition) is 3. The highest BCUT2D eigenvalue weighted by atomic mass is 16.4. The van der Waals surface area contributed by atoms with Gasteiger partial charge in [-0.1, -0.05) is 24.3 Å². The van der Waals surface area contributed by atoms with Crippen LogP contribution in [0.4, 0.5) is 4.79 Å². The number of rotatable bonds is 4. The first-order valence-electron chi connectivity index (χ1n) is 6.77. The molecule has 0 spiro atoms. The van der Waals surface area contributed by atoms with E-state index >= 15 is 0 Å². The van der Waals surface area contributed by atoms with Crippen molar-refractivity contribution < 1.29 is 19.8 Å². The summed E-state index contributed by atoms with van der Waals surface area (Å²) in [4.78, 5) is 24.9. The highest BCUT2D eigenvalue weighted by Gasteiger charge is 2.23. The van der Waals surface area contributed by atoms with Gasteiger partial charge in [0, 0.05) is 19.5 Å². The number of aliphatic carboxylic acids is 1. The number of urea groups is 1. The molecular weight excluding hydrogens is 272 g/mol.